The Morgan fingerprint density at radius 1 is 1.57 bits per heavy atom. The maximum absolute atomic E-state index is 3.47. The van der Waals surface area contributed by atoms with Crippen LogP contribution in [0.25, 0.3) is 0 Å². The Balaban J connectivity index is 2.21. The number of rotatable bonds is 4. The molecule has 2 atom stereocenters. The molecule has 2 heteroatoms. The molecule has 1 heterocycles. The molecule has 1 N–H and O–H groups in total. The van der Waals surface area contributed by atoms with Gasteiger partial charge in [0.15, 0.2) is 0 Å². The standard InChI is InChI=1S/C12H25N2/c1-4-11(2)7-9-14-10-12(3)6-5-8-13-14/h9,11-13H,4-8,10H2,1-3H3/t11-,12+/m1/s1. The minimum atomic E-state index is 0.815. The van der Waals surface area contributed by atoms with Gasteiger partial charge in [-0.1, -0.05) is 27.2 Å². The third-order valence-electron chi connectivity index (χ3n) is 3.12. The van der Waals surface area contributed by atoms with Gasteiger partial charge in [0, 0.05) is 19.6 Å². The van der Waals surface area contributed by atoms with Crippen LogP contribution in [0.2, 0.25) is 0 Å². The van der Waals surface area contributed by atoms with Crippen molar-refractivity contribution in [3.63, 3.8) is 0 Å². The fourth-order valence-corrected chi connectivity index (χ4v) is 1.78. The average molecular weight is 197 g/mol. The van der Waals surface area contributed by atoms with E-state index in [0.29, 0.717) is 0 Å². The molecule has 83 valence electrons. The third kappa shape index (κ3) is 4.43. The smallest absolute Gasteiger partial charge is 0.0415 e. The first-order chi connectivity index (χ1) is 6.72. The van der Waals surface area contributed by atoms with Crippen LogP contribution in [-0.2, 0) is 0 Å². The van der Waals surface area contributed by atoms with E-state index in [-0.39, 0.29) is 0 Å². The summed E-state index contributed by atoms with van der Waals surface area (Å²) in [5.41, 5.74) is 3.47. The minimum Gasteiger partial charge on any atom is -0.255 e. The van der Waals surface area contributed by atoms with E-state index in [1.165, 1.54) is 32.2 Å². The van der Waals surface area contributed by atoms with Crippen molar-refractivity contribution < 1.29 is 0 Å². The summed E-state index contributed by atoms with van der Waals surface area (Å²) >= 11 is 0. The summed E-state index contributed by atoms with van der Waals surface area (Å²) in [6.07, 6.45) is 5.16. The van der Waals surface area contributed by atoms with Crippen molar-refractivity contribution in [2.75, 3.05) is 13.1 Å². The van der Waals surface area contributed by atoms with Crippen molar-refractivity contribution >= 4 is 0 Å². The largest absolute Gasteiger partial charge is 0.255 e. The molecule has 1 saturated heterocycles. The van der Waals surface area contributed by atoms with Gasteiger partial charge in [0.1, 0.15) is 0 Å². The predicted molar refractivity (Wildman–Crippen MR) is 61.5 cm³/mol. The van der Waals surface area contributed by atoms with Crippen LogP contribution >= 0.6 is 0 Å². The van der Waals surface area contributed by atoms with Gasteiger partial charge < -0.3 is 0 Å². The topological polar surface area (TPSA) is 15.3 Å². The predicted octanol–water partition coefficient (Wildman–Crippen LogP) is 2.82. The second-order valence-electron chi connectivity index (χ2n) is 4.74. The van der Waals surface area contributed by atoms with Gasteiger partial charge in [-0.2, -0.15) is 0 Å². The van der Waals surface area contributed by atoms with Crippen LogP contribution in [0.3, 0.4) is 0 Å². The van der Waals surface area contributed by atoms with E-state index >= 15 is 0 Å². The fourth-order valence-electron chi connectivity index (χ4n) is 1.78. The van der Waals surface area contributed by atoms with Crippen LogP contribution in [0.5, 0.6) is 0 Å². The Labute approximate surface area is 89.0 Å². The van der Waals surface area contributed by atoms with Gasteiger partial charge in [0.25, 0.3) is 0 Å². The van der Waals surface area contributed by atoms with E-state index in [1.54, 1.807) is 0 Å². The molecule has 0 aromatic heterocycles. The Morgan fingerprint density at radius 2 is 2.36 bits per heavy atom. The first-order valence-corrected chi connectivity index (χ1v) is 6.05. The van der Waals surface area contributed by atoms with Crippen molar-refractivity contribution in [2.24, 2.45) is 11.8 Å². The maximum atomic E-state index is 3.47. The van der Waals surface area contributed by atoms with E-state index in [0.717, 1.165) is 18.4 Å². The normalized spacial score (nSPS) is 27.2. The van der Waals surface area contributed by atoms with Gasteiger partial charge >= 0.3 is 0 Å². The zero-order valence-corrected chi connectivity index (χ0v) is 9.92. The van der Waals surface area contributed by atoms with Crippen LogP contribution < -0.4 is 5.43 Å². The Hall–Kier alpha value is -0.0800. The second-order valence-corrected chi connectivity index (χ2v) is 4.74. The molecule has 1 fully saturated rings. The van der Waals surface area contributed by atoms with E-state index in [1.807, 2.05) is 0 Å². The highest BCUT2D eigenvalue weighted by Gasteiger charge is 2.14. The van der Waals surface area contributed by atoms with Crippen LogP contribution in [0, 0.1) is 18.4 Å². The molecular weight excluding hydrogens is 172 g/mol. The van der Waals surface area contributed by atoms with Crippen molar-refractivity contribution in [3.05, 3.63) is 6.54 Å². The molecule has 1 aliphatic rings. The molecule has 0 unspecified atom stereocenters. The summed E-state index contributed by atoms with van der Waals surface area (Å²) in [4.78, 5) is 0. The molecule has 0 aromatic carbocycles. The van der Waals surface area contributed by atoms with Gasteiger partial charge in [-0.3, -0.25) is 5.43 Å². The lowest BCUT2D eigenvalue weighted by molar-refractivity contribution is 0.215. The maximum Gasteiger partial charge on any atom is 0.0415 e. The molecule has 0 bridgehead atoms. The number of nitrogens with zero attached hydrogens (tertiary/aromatic N) is 1. The molecule has 1 rings (SSSR count). The van der Waals surface area contributed by atoms with Crippen LogP contribution in [0.1, 0.15) is 46.5 Å². The molecule has 1 radical (unpaired) electrons. The first kappa shape index (κ1) is 12.0. The number of hydrogen-bond donors (Lipinski definition) is 1. The van der Waals surface area contributed by atoms with E-state index in [9.17, 15) is 0 Å². The van der Waals surface area contributed by atoms with Crippen molar-refractivity contribution in [1.82, 2.24) is 10.4 Å². The van der Waals surface area contributed by atoms with Crippen molar-refractivity contribution in [1.29, 1.82) is 0 Å². The number of nitrogens with one attached hydrogen (secondary N) is 1. The van der Waals surface area contributed by atoms with Gasteiger partial charge in [0.2, 0.25) is 0 Å². The lowest BCUT2D eigenvalue weighted by atomic mass is 10.0. The Kier molecular flexibility index (Phi) is 5.49. The van der Waals surface area contributed by atoms with E-state index in [4.69, 9.17) is 0 Å². The molecule has 1 aliphatic heterocycles. The van der Waals surface area contributed by atoms with Gasteiger partial charge in [-0.15, -0.1) is 0 Å². The molecule has 0 amide bonds. The van der Waals surface area contributed by atoms with Crippen LogP contribution in [-0.4, -0.2) is 18.1 Å². The summed E-state index contributed by atoms with van der Waals surface area (Å²) in [5.74, 6) is 1.65. The summed E-state index contributed by atoms with van der Waals surface area (Å²) in [6.45, 7) is 11.6. The summed E-state index contributed by atoms with van der Waals surface area (Å²) in [5, 5.41) is 2.31. The van der Waals surface area contributed by atoms with Gasteiger partial charge in [-0.25, -0.2) is 5.01 Å². The highest BCUT2D eigenvalue weighted by Crippen LogP contribution is 2.15. The van der Waals surface area contributed by atoms with Gasteiger partial charge in [0.05, 0.1) is 0 Å². The Bertz CT molecular complexity index is 147. The first-order valence-electron chi connectivity index (χ1n) is 6.05. The summed E-state index contributed by atoms with van der Waals surface area (Å²) in [7, 11) is 0. The monoisotopic (exact) mass is 197 g/mol. The fraction of sp³-hybridized carbons (Fsp3) is 0.917. The molecule has 0 aliphatic carbocycles. The minimum absolute atomic E-state index is 0.815. The zero-order chi connectivity index (χ0) is 10.4. The average Bonchev–Trinajstić information content (AvgIpc) is 2.39. The van der Waals surface area contributed by atoms with Gasteiger partial charge in [-0.05, 0) is 31.1 Å². The quantitative estimate of drug-likeness (QED) is 0.745. The Morgan fingerprint density at radius 3 is 3.07 bits per heavy atom. The van der Waals surface area contributed by atoms with Crippen molar-refractivity contribution in [2.45, 2.75) is 46.5 Å². The van der Waals surface area contributed by atoms with Crippen molar-refractivity contribution in [3.8, 4) is 0 Å². The molecule has 14 heavy (non-hydrogen) atoms. The zero-order valence-electron chi connectivity index (χ0n) is 9.92. The highest BCUT2D eigenvalue weighted by molar-refractivity contribution is 4.73. The second kappa shape index (κ2) is 6.41. The third-order valence-corrected chi connectivity index (χ3v) is 3.12. The lowest BCUT2D eigenvalue weighted by Crippen LogP contribution is -2.37. The molecule has 0 saturated carbocycles. The molecule has 0 aromatic rings. The molecular formula is C12H25N2. The van der Waals surface area contributed by atoms with Crippen LogP contribution in [0.15, 0.2) is 0 Å². The lowest BCUT2D eigenvalue weighted by Gasteiger charge is -2.23. The van der Waals surface area contributed by atoms with E-state index < -0.39 is 0 Å². The molecule has 0 spiro atoms. The molecule has 2 nitrogen and oxygen atoms in total. The summed E-state index contributed by atoms with van der Waals surface area (Å²) in [6, 6.07) is 0. The van der Waals surface area contributed by atoms with Crippen LogP contribution in [0.4, 0.5) is 0 Å². The SMILES string of the molecule is CC[C@@H](C)C[CH]N1C[C@@H](C)CCCN1. The highest BCUT2D eigenvalue weighted by atomic mass is 15.5. The number of hydrogen-bond acceptors (Lipinski definition) is 2. The van der Waals surface area contributed by atoms with E-state index in [2.05, 4.69) is 37.8 Å². The number of hydrazine groups is 1. The summed E-state index contributed by atoms with van der Waals surface area (Å²) < 4.78 is 0.